The van der Waals surface area contributed by atoms with Crippen molar-refractivity contribution in [2.45, 2.75) is 6.92 Å². The largest absolute Gasteiger partial charge is 0.456 e. The van der Waals surface area contributed by atoms with Gasteiger partial charge in [-0.1, -0.05) is 177 Å². The van der Waals surface area contributed by atoms with E-state index < -0.39 is 0 Å². The zero-order valence-electron chi connectivity index (χ0n) is 31.9. The van der Waals surface area contributed by atoms with Gasteiger partial charge in [-0.25, -0.2) is 15.0 Å². The minimum Gasteiger partial charge on any atom is -0.456 e. The summed E-state index contributed by atoms with van der Waals surface area (Å²) in [6.45, 7) is 2.29. The van der Waals surface area contributed by atoms with Crippen LogP contribution in [0.5, 0.6) is 0 Å². The molecule has 0 amide bonds. The predicted octanol–water partition coefficient (Wildman–Crippen LogP) is 13.8. The van der Waals surface area contributed by atoms with Crippen LogP contribution in [0.1, 0.15) is 18.3 Å². The van der Waals surface area contributed by atoms with E-state index >= 15 is 0 Å². The number of hydrogen-bond donors (Lipinski definition) is 0. The highest BCUT2D eigenvalue weighted by atomic mass is 16.3. The summed E-state index contributed by atoms with van der Waals surface area (Å²) in [4.78, 5) is 15.7. The summed E-state index contributed by atoms with van der Waals surface area (Å²) in [5, 5.41) is 4.56. The molecule has 0 aliphatic heterocycles. The van der Waals surface area contributed by atoms with Crippen molar-refractivity contribution < 1.29 is 4.42 Å². The molecular formula is C54H37N3O. The Hall–Kier alpha value is -7.43. The fraction of sp³-hybridized carbons (Fsp3) is 0.0556. The van der Waals surface area contributed by atoms with E-state index in [0.717, 1.165) is 66.3 Å². The second-order valence-corrected chi connectivity index (χ2v) is 15.2. The van der Waals surface area contributed by atoms with Gasteiger partial charge in [-0.2, -0.15) is 0 Å². The fourth-order valence-electron chi connectivity index (χ4n) is 8.77. The Labute approximate surface area is 336 Å². The average Bonchev–Trinajstić information content (AvgIpc) is 3.68. The lowest BCUT2D eigenvalue weighted by Gasteiger charge is -2.32. The molecule has 0 saturated carbocycles. The molecule has 0 fully saturated rings. The van der Waals surface area contributed by atoms with Gasteiger partial charge in [0, 0.05) is 33.4 Å². The van der Waals surface area contributed by atoms with Crippen LogP contribution in [-0.2, 0) is 0 Å². The number of benzene rings is 7. The van der Waals surface area contributed by atoms with Crippen molar-refractivity contribution >= 4 is 43.9 Å². The van der Waals surface area contributed by atoms with Crippen LogP contribution < -0.4 is 0 Å². The molecule has 0 spiro atoms. The molecule has 58 heavy (non-hydrogen) atoms. The number of aromatic nitrogens is 3. The van der Waals surface area contributed by atoms with Crippen LogP contribution in [0.4, 0.5) is 0 Å². The van der Waals surface area contributed by atoms with E-state index in [1.54, 1.807) is 0 Å². The minimum atomic E-state index is 0.0127. The zero-order chi connectivity index (χ0) is 38.6. The molecule has 2 unspecified atom stereocenters. The van der Waals surface area contributed by atoms with Crippen molar-refractivity contribution in [3.63, 3.8) is 0 Å². The van der Waals surface area contributed by atoms with Gasteiger partial charge >= 0.3 is 0 Å². The maximum absolute atomic E-state index is 6.56. The fourth-order valence-corrected chi connectivity index (χ4v) is 8.77. The Balaban J connectivity index is 1.08. The van der Waals surface area contributed by atoms with E-state index in [-0.39, 0.29) is 11.8 Å². The molecule has 4 nitrogen and oxygen atoms in total. The third-order valence-corrected chi connectivity index (χ3v) is 11.7. The van der Waals surface area contributed by atoms with E-state index in [4.69, 9.17) is 19.4 Å². The second kappa shape index (κ2) is 13.9. The van der Waals surface area contributed by atoms with Crippen molar-refractivity contribution in [3.8, 4) is 45.0 Å². The first-order chi connectivity index (χ1) is 28.6. The highest BCUT2D eigenvalue weighted by molar-refractivity contribution is 6.13. The summed E-state index contributed by atoms with van der Waals surface area (Å²) in [5.41, 5.74) is 12.9. The smallest absolute Gasteiger partial charge is 0.164 e. The maximum atomic E-state index is 6.56. The van der Waals surface area contributed by atoms with Crippen molar-refractivity contribution in [1.82, 2.24) is 15.0 Å². The summed E-state index contributed by atoms with van der Waals surface area (Å²) in [5.74, 6) is 2.19. The molecule has 4 heteroatoms. The molecule has 274 valence electrons. The lowest BCUT2D eigenvalue weighted by atomic mass is 9.71. The van der Waals surface area contributed by atoms with Crippen LogP contribution in [-0.4, -0.2) is 15.0 Å². The lowest BCUT2D eigenvalue weighted by Crippen LogP contribution is -2.21. The van der Waals surface area contributed by atoms with E-state index in [1.807, 2.05) is 12.1 Å². The van der Waals surface area contributed by atoms with Crippen LogP contribution in [0, 0.1) is 11.8 Å². The van der Waals surface area contributed by atoms with Crippen LogP contribution in [0.25, 0.3) is 88.9 Å². The first-order valence-electron chi connectivity index (χ1n) is 19.9. The maximum Gasteiger partial charge on any atom is 0.164 e. The van der Waals surface area contributed by atoms with Crippen molar-refractivity contribution in [1.29, 1.82) is 0 Å². The standard InChI is InChI=1S/C54H37N3O/c1-34-23-30-43(47-32-42(36-15-6-3-7-16-36)33-49-51(47)45-19-10-11-22-48(45)58-49)44-20-12-21-46(50(34)44)54-56-52(39-27-24-38(25-28-39)35-13-4-2-5-14-35)55-53(57-54)41-29-26-37-17-8-9-18-40(37)31-41/h2-34,50H,1H3. The third-order valence-electron chi connectivity index (χ3n) is 11.7. The number of rotatable bonds is 6. The summed E-state index contributed by atoms with van der Waals surface area (Å²) in [6, 6.07) is 57.3. The molecule has 0 N–H and O–H groups in total. The first-order valence-corrected chi connectivity index (χ1v) is 19.9. The average molecular weight is 744 g/mol. The number of nitrogens with zero attached hydrogens (tertiary/aromatic N) is 3. The summed E-state index contributed by atoms with van der Waals surface area (Å²) < 4.78 is 6.56. The molecule has 0 bridgehead atoms. The van der Waals surface area contributed by atoms with Crippen molar-refractivity contribution in [2.24, 2.45) is 11.8 Å². The van der Waals surface area contributed by atoms with Gasteiger partial charge in [0.05, 0.1) is 0 Å². The van der Waals surface area contributed by atoms with E-state index in [0.29, 0.717) is 17.5 Å². The van der Waals surface area contributed by atoms with E-state index in [9.17, 15) is 0 Å². The zero-order valence-corrected chi connectivity index (χ0v) is 31.9. The van der Waals surface area contributed by atoms with Gasteiger partial charge < -0.3 is 4.42 Å². The normalized spacial score (nSPS) is 16.3. The highest BCUT2D eigenvalue weighted by Gasteiger charge is 2.33. The van der Waals surface area contributed by atoms with Gasteiger partial charge in [-0.05, 0) is 79.9 Å². The summed E-state index contributed by atoms with van der Waals surface area (Å²) >= 11 is 0. The van der Waals surface area contributed by atoms with Crippen LogP contribution >= 0.6 is 0 Å². The predicted molar refractivity (Wildman–Crippen MR) is 239 cm³/mol. The van der Waals surface area contributed by atoms with E-state index in [1.165, 1.54) is 22.1 Å². The van der Waals surface area contributed by atoms with Gasteiger partial charge in [-0.15, -0.1) is 0 Å². The summed E-state index contributed by atoms with van der Waals surface area (Å²) in [6.07, 6.45) is 11.3. The lowest BCUT2D eigenvalue weighted by molar-refractivity contribution is 0.596. The van der Waals surface area contributed by atoms with Crippen LogP contribution in [0.15, 0.2) is 204 Å². The van der Waals surface area contributed by atoms with Gasteiger partial charge in [0.25, 0.3) is 0 Å². The topological polar surface area (TPSA) is 51.8 Å². The molecule has 0 radical (unpaired) electrons. The second-order valence-electron chi connectivity index (χ2n) is 15.2. The van der Waals surface area contributed by atoms with Gasteiger partial charge in [0.15, 0.2) is 17.5 Å². The minimum absolute atomic E-state index is 0.0127. The Morgan fingerprint density at radius 3 is 1.90 bits per heavy atom. The molecule has 2 atom stereocenters. The van der Waals surface area contributed by atoms with Gasteiger partial charge in [-0.3, -0.25) is 0 Å². The number of para-hydroxylation sites is 1. The molecule has 11 rings (SSSR count). The molecule has 2 aromatic heterocycles. The Morgan fingerprint density at radius 2 is 1.10 bits per heavy atom. The van der Waals surface area contributed by atoms with Gasteiger partial charge in [0.1, 0.15) is 11.2 Å². The van der Waals surface area contributed by atoms with Crippen molar-refractivity contribution in [2.75, 3.05) is 0 Å². The molecule has 2 aliphatic carbocycles. The number of furan rings is 1. The van der Waals surface area contributed by atoms with Crippen LogP contribution in [0.2, 0.25) is 0 Å². The molecule has 2 heterocycles. The summed E-state index contributed by atoms with van der Waals surface area (Å²) in [7, 11) is 0. The molecule has 0 saturated heterocycles. The molecule has 9 aromatic rings. The Bertz CT molecular complexity index is 3170. The molecule has 2 aliphatic rings. The number of allylic oxidation sites excluding steroid dienone is 8. The quantitative estimate of drug-likeness (QED) is 0.170. The monoisotopic (exact) mass is 743 g/mol. The van der Waals surface area contributed by atoms with Gasteiger partial charge in [0.2, 0.25) is 0 Å². The molecule has 7 aromatic carbocycles. The number of hydrogen-bond acceptors (Lipinski definition) is 4. The third kappa shape index (κ3) is 5.89. The first kappa shape index (κ1) is 33.9. The van der Waals surface area contributed by atoms with E-state index in [2.05, 4.69) is 189 Å². The SMILES string of the molecule is CC1C=CC(c2cc(-c3ccccc3)cc3oc4ccccc4c23)=C2C=CC=C(c3nc(-c4ccc(-c5ccccc5)cc4)nc(-c4ccc5ccccc5c4)n3)C21. The number of fused-ring (bicyclic) bond motifs is 5. The van der Waals surface area contributed by atoms with Crippen LogP contribution in [0.3, 0.4) is 0 Å². The van der Waals surface area contributed by atoms with Crippen molar-refractivity contribution in [3.05, 3.63) is 211 Å². The Kier molecular flexibility index (Phi) is 8.14. The Morgan fingerprint density at radius 1 is 0.483 bits per heavy atom. The highest BCUT2D eigenvalue weighted by Crippen LogP contribution is 2.48. The molecular weight excluding hydrogens is 707 g/mol.